The van der Waals surface area contributed by atoms with Gasteiger partial charge in [0.25, 0.3) is 0 Å². The van der Waals surface area contributed by atoms with Crippen molar-refractivity contribution >= 4 is 12.1 Å². The molecule has 0 heterocycles. The fourth-order valence-electron chi connectivity index (χ4n) is 3.31. The van der Waals surface area contributed by atoms with Crippen molar-refractivity contribution in [2.75, 3.05) is 27.7 Å². The second-order valence-corrected chi connectivity index (χ2v) is 9.33. The Morgan fingerprint density at radius 3 is 2.20 bits per heavy atom. The van der Waals surface area contributed by atoms with E-state index in [0.717, 1.165) is 23.3 Å². The Balaban J connectivity index is 0.000000904. The zero-order chi connectivity index (χ0) is 25.1. The van der Waals surface area contributed by atoms with Crippen molar-refractivity contribution in [2.24, 2.45) is 0 Å². The zero-order valence-electron chi connectivity index (χ0n) is 21.4. The molecule has 7 heteroatoms. The molecule has 2 aliphatic rings. The average molecular weight is 520 g/mol. The van der Waals surface area contributed by atoms with Crippen LogP contribution in [-0.4, -0.2) is 56.4 Å². The summed E-state index contributed by atoms with van der Waals surface area (Å²) in [5.41, 5.74) is 3.80. The number of hydrogen-bond donors (Lipinski definition) is 1. The van der Waals surface area contributed by atoms with E-state index < -0.39 is 23.7 Å². The van der Waals surface area contributed by atoms with Crippen molar-refractivity contribution in [1.82, 2.24) is 10.2 Å². The van der Waals surface area contributed by atoms with Crippen LogP contribution in [0.25, 0.3) is 0 Å². The molecule has 0 radical (unpaired) electrons. The van der Waals surface area contributed by atoms with Crippen LogP contribution in [0.5, 0.6) is 0 Å². The Morgan fingerprint density at radius 2 is 1.71 bits per heavy atom. The maximum Gasteiger partial charge on any atom is 2.00 e. The SMILES string of the molecule is COC(=O)[C@@H](CC1=C[CH-]/C(=C2/C=CC(CN(C)C)=C2)C=C1)NC(=O)OC(C)(C)C.[Fe+2].c1cc[cH-]c1. The second kappa shape index (κ2) is 14.5. The molecule has 1 aromatic rings. The number of alkyl carbamates (subject to hydrolysis) is 1. The third-order valence-electron chi connectivity index (χ3n) is 4.78. The van der Waals surface area contributed by atoms with Crippen LogP contribution in [-0.2, 0) is 31.3 Å². The first-order valence-electron chi connectivity index (χ1n) is 11.3. The summed E-state index contributed by atoms with van der Waals surface area (Å²) in [6.45, 7) is 6.21. The molecular formula is C28H36FeN2O4. The van der Waals surface area contributed by atoms with Gasteiger partial charge in [0.1, 0.15) is 11.6 Å². The normalized spacial score (nSPS) is 17.2. The fourth-order valence-corrected chi connectivity index (χ4v) is 3.31. The minimum atomic E-state index is -0.814. The fraction of sp³-hybridized carbons (Fsp3) is 0.357. The Kier molecular flexibility index (Phi) is 12.5. The largest absolute Gasteiger partial charge is 2.00 e. The number of esters is 1. The van der Waals surface area contributed by atoms with Crippen molar-refractivity contribution in [3.8, 4) is 0 Å². The Labute approximate surface area is 220 Å². The predicted molar refractivity (Wildman–Crippen MR) is 136 cm³/mol. The molecule has 3 rings (SSSR count). The first-order chi connectivity index (χ1) is 16.1. The molecule has 1 N–H and O–H groups in total. The number of likely N-dealkylation sites (N-methyl/N-ethyl adjacent to an activating group) is 1. The van der Waals surface area contributed by atoms with Crippen LogP contribution in [0.2, 0.25) is 0 Å². The molecule has 6 nitrogen and oxygen atoms in total. The van der Waals surface area contributed by atoms with Crippen molar-refractivity contribution in [3.05, 3.63) is 95.5 Å². The Morgan fingerprint density at radius 1 is 1.06 bits per heavy atom. The van der Waals surface area contributed by atoms with Gasteiger partial charge in [-0.1, -0.05) is 23.8 Å². The molecule has 1 aromatic carbocycles. The molecule has 0 saturated carbocycles. The molecule has 190 valence electrons. The number of methoxy groups -OCH3 is 1. The Bertz CT molecular complexity index is 960. The van der Waals surface area contributed by atoms with Gasteiger partial charge in [-0.25, -0.2) is 21.7 Å². The zero-order valence-corrected chi connectivity index (χ0v) is 22.5. The summed E-state index contributed by atoms with van der Waals surface area (Å²) in [5.74, 6) is -0.510. The smallest absolute Gasteiger partial charge is 0.467 e. The van der Waals surface area contributed by atoms with E-state index in [1.54, 1.807) is 20.8 Å². The molecule has 35 heavy (non-hydrogen) atoms. The molecule has 0 bridgehead atoms. The number of carbonyl (C=O) groups excluding carboxylic acids is 2. The Hall–Kier alpha value is -2.86. The van der Waals surface area contributed by atoms with Crippen LogP contribution >= 0.6 is 0 Å². The maximum atomic E-state index is 12.1. The third-order valence-corrected chi connectivity index (χ3v) is 4.78. The number of ether oxygens (including phenoxy) is 2. The molecular weight excluding hydrogens is 484 g/mol. The summed E-state index contributed by atoms with van der Waals surface area (Å²) in [7, 11) is 5.39. The van der Waals surface area contributed by atoms with E-state index in [9.17, 15) is 9.59 Å². The van der Waals surface area contributed by atoms with Gasteiger partial charge in [0.2, 0.25) is 0 Å². The minimum absolute atomic E-state index is 0. The number of rotatable bonds is 6. The number of amides is 1. The number of allylic oxidation sites excluding steroid dienone is 7. The van der Waals surface area contributed by atoms with E-state index in [0.29, 0.717) is 6.42 Å². The number of carbonyl (C=O) groups is 2. The van der Waals surface area contributed by atoms with Gasteiger partial charge in [-0.15, -0.1) is 35.8 Å². The first kappa shape index (κ1) is 30.2. The topological polar surface area (TPSA) is 67.9 Å². The molecule has 0 spiro atoms. The van der Waals surface area contributed by atoms with Gasteiger partial charge < -0.3 is 19.7 Å². The van der Waals surface area contributed by atoms with Crippen LogP contribution in [0.1, 0.15) is 27.2 Å². The van der Waals surface area contributed by atoms with Gasteiger partial charge >= 0.3 is 29.1 Å². The molecule has 2 aliphatic carbocycles. The first-order valence-corrected chi connectivity index (χ1v) is 11.3. The number of nitrogens with zero attached hydrogens (tertiary/aromatic N) is 1. The van der Waals surface area contributed by atoms with Crippen LogP contribution in [0.15, 0.2) is 89.1 Å². The molecule has 0 fully saturated rings. The standard InChI is InChI=1S/C23H31N2O4.C5H5.Fe/c1-23(2,3)29-22(27)24-20(21(26)28-6)14-16-7-10-18(11-8-16)19-12-9-17(13-19)15-25(4)5;1-2-4-5-3-1;/h7-13,20H,14-15H2,1-6H3,(H,24,27);1-5H;/q2*-1;+2/t20-;;/m1../s1. The monoisotopic (exact) mass is 520 g/mol. The van der Waals surface area contributed by atoms with Crippen molar-refractivity contribution in [1.29, 1.82) is 0 Å². The van der Waals surface area contributed by atoms with Crippen LogP contribution < -0.4 is 5.32 Å². The van der Waals surface area contributed by atoms with Gasteiger partial charge in [-0.2, -0.15) is 18.2 Å². The van der Waals surface area contributed by atoms with Crippen LogP contribution in [0.4, 0.5) is 4.79 Å². The summed E-state index contributed by atoms with van der Waals surface area (Å²) >= 11 is 0. The van der Waals surface area contributed by atoms with Crippen molar-refractivity contribution < 1.29 is 36.1 Å². The summed E-state index contributed by atoms with van der Waals surface area (Å²) in [6, 6.07) is 9.19. The van der Waals surface area contributed by atoms with E-state index in [1.807, 2.05) is 69.1 Å². The molecule has 0 aliphatic heterocycles. The minimum Gasteiger partial charge on any atom is -0.467 e. The van der Waals surface area contributed by atoms with E-state index in [2.05, 4.69) is 28.4 Å². The maximum absolute atomic E-state index is 12.1. The van der Waals surface area contributed by atoms with E-state index in [4.69, 9.17) is 9.47 Å². The second-order valence-electron chi connectivity index (χ2n) is 9.33. The molecule has 0 unspecified atom stereocenters. The van der Waals surface area contributed by atoms with E-state index in [1.165, 1.54) is 12.7 Å². The van der Waals surface area contributed by atoms with Gasteiger partial charge in [-0.05, 0) is 46.9 Å². The van der Waals surface area contributed by atoms with Crippen LogP contribution in [0, 0.1) is 6.42 Å². The van der Waals surface area contributed by atoms with Crippen molar-refractivity contribution in [3.63, 3.8) is 0 Å². The van der Waals surface area contributed by atoms with E-state index in [-0.39, 0.29) is 17.1 Å². The molecule has 0 saturated heterocycles. The molecule has 0 aromatic heterocycles. The van der Waals surface area contributed by atoms with Gasteiger partial charge in [-0.3, -0.25) is 0 Å². The van der Waals surface area contributed by atoms with Gasteiger partial charge in [0, 0.05) is 6.54 Å². The summed E-state index contributed by atoms with van der Waals surface area (Å²) in [5, 5.41) is 2.60. The summed E-state index contributed by atoms with van der Waals surface area (Å²) < 4.78 is 10.1. The number of hydrogen-bond acceptors (Lipinski definition) is 5. The van der Waals surface area contributed by atoms with Crippen LogP contribution in [0.3, 0.4) is 0 Å². The third kappa shape index (κ3) is 11.4. The molecule has 1 amide bonds. The van der Waals surface area contributed by atoms with E-state index >= 15 is 0 Å². The van der Waals surface area contributed by atoms with Gasteiger partial charge in [0.15, 0.2) is 0 Å². The quantitative estimate of drug-likeness (QED) is 0.328. The number of nitrogens with one attached hydrogen (secondary N) is 1. The van der Waals surface area contributed by atoms with Crippen molar-refractivity contribution in [2.45, 2.75) is 38.8 Å². The summed E-state index contributed by atoms with van der Waals surface area (Å²) in [6.07, 6.45) is 14.0. The predicted octanol–water partition coefficient (Wildman–Crippen LogP) is 4.90. The molecule has 1 atom stereocenters. The average Bonchev–Trinajstić information content (AvgIpc) is 3.47. The van der Waals surface area contributed by atoms with Gasteiger partial charge in [0.05, 0.1) is 7.11 Å². The summed E-state index contributed by atoms with van der Waals surface area (Å²) in [4.78, 5) is 26.3.